The van der Waals surface area contributed by atoms with Gasteiger partial charge in [-0.3, -0.25) is 19.1 Å². The zero-order valence-corrected chi connectivity index (χ0v) is 35.3. The average Bonchev–Trinajstić information content (AvgIpc) is 4.12. The fourth-order valence-electron chi connectivity index (χ4n) is 7.22. The van der Waals surface area contributed by atoms with Crippen molar-refractivity contribution in [2.45, 2.75) is 100 Å². The number of rotatable bonds is 15. The van der Waals surface area contributed by atoms with Crippen molar-refractivity contribution in [3.05, 3.63) is 79.9 Å². The summed E-state index contributed by atoms with van der Waals surface area (Å²) in [4.78, 5) is 74.9. The minimum Gasteiger partial charge on any atom is -0.497 e. The van der Waals surface area contributed by atoms with Gasteiger partial charge in [-0.1, -0.05) is 43.0 Å². The molecule has 3 N–H and O–H groups in total. The molecule has 1 aromatic heterocycles. The minimum absolute atomic E-state index is 0.0664. The molecule has 17 heteroatoms. The third-order valence-electron chi connectivity index (χ3n) is 10.6. The summed E-state index contributed by atoms with van der Waals surface area (Å²) in [5, 5.41) is 5.21. The van der Waals surface area contributed by atoms with Gasteiger partial charge in [-0.15, -0.1) is 6.58 Å². The Morgan fingerprint density at radius 2 is 1.68 bits per heavy atom. The zero-order valence-electron chi connectivity index (χ0n) is 34.5. The highest BCUT2D eigenvalue weighted by molar-refractivity contribution is 7.91. The highest BCUT2D eigenvalue weighted by Crippen LogP contribution is 2.46. The number of alkyl carbamates (subject to hydrolysis) is 1. The van der Waals surface area contributed by atoms with Crippen LogP contribution in [0.2, 0.25) is 0 Å². The molecule has 3 unspecified atom stereocenters. The number of methoxy groups -OCH3 is 1. The third kappa shape index (κ3) is 9.56. The number of ether oxygens (including phenoxy) is 4. The highest BCUT2D eigenvalue weighted by Gasteiger charge is 2.62. The number of pyridine rings is 1. The van der Waals surface area contributed by atoms with Gasteiger partial charge in [-0.05, 0) is 66.0 Å². The van der Waals surface area contributed by atoms with Crippen molar-refractivity contribution in [3.63, 3.8) is 0 Å². The van der Waals surface area contributed by atoms with E-state index in [-0.39, 0.29) is 19.4 Å². The number of hydrogen-bond donors (Lipinski definition) is 3. The van der Waals surface area contributed by atoms with Gasteiger partial charge in [-0.2, -0.15) is 0 Å². The van der Waals surface area contributed by atoms with E-state index in [9.17, 15) is 32.4 Å². The van der Waals surface area contributed by atoms with Crippen LogP contribution in [0.4, 0.5) is 4.79 Å². The molecule has 0 spiro atoms. The third-order valence-corrected chi connectivity index (χ3v) is 12.4. The fraction of sp³-hybridized carbons (Fsp3) is 0.442. The number of hydrogen-bond acceptors (Lipinski definition) is 12. The molecule has 2 aromatic carbocycles. The molecule has 3 aromatic rings. The van der Waals surface area contributed by atoms with Crippen LogP contribution >= 0.6 is 0 Å². The number of fused-ring (bicyclic) bond motifs is 1. The maximum Gasteiger partial charge on any atom is 0.408 e. The Labute approximate surface area is 349 Å². The van der Waals surface area contributed by atoms with Crippen LogP contribution < -0.4 is 24.8 Å². The molecular formula is C43H51N5O11S. The van der Waals surface area contributed by atoms with Gasteiger partial charge in [-0.25, -0.2) is 23.0 Å². The van der Waals surface area contributed by atoms with Crippen LogP contribution in [0, 0.1) is 5.92 Å². The molecule has 0 radical (unpaired) electrons. The van der Waals surface area contributed by atoms with Crippen molar-refractivity contribution in [2.24, 2.45) is 5.92 Å². The summed E-state index contributed by atoms with van der Waals surface area (Å²) in [5.74, 6) is -3.08. The summed E-state index contributed by atoms with van der Waals surface area (Å²) >= 11 is 0. The van der Waals surface area contributed by atoms with Crippen LogP contribution in [0.1, 0.15) is 60.3 Å². The first-order valence-electron chi connectivity index (χ1n) is 19.6. The second-order valence-corrected chi connectivity index (χ2v) is 18.7. The number of nitrogens with zero attached hydrogens (tertiary/aromatic N) is 2. The van der Waals surface area contributed by atoms with E-state index in [0.29, 0.717) is 40.9 Å². The molecule has 6 rings (SSSR count). The Morgan fingerprint density at radius 1 is 0.983 bits per heavy atom. The number of amides is 4. The summed E-state index contributed by atoms with van der Waals surface area (Å²) < 4.78 is 51.0. The van der Waals surface area contributed by atoms with Gasteiger partial charge in [0.25, 0.3) is 5.91 Å². The van der Waals surface area contributed by atoms with Crippen LogP contribution in [-0.2, 0) is 38.7 Å². The molecule has 5 atom stereocenters. The Hall–Kier alpha value is -5.97. The molecule has 60 heavy (non-hydrogen) atoms. The second-order valence-electron chi connectivity index (χ2n) is 16.7. The van der Waals surface area contributed by atoms with Gasteiger partial charge in [0.15, 0.2) is 6.04 Å². The number of sulfonamides is 1. The van der Waals surface area contributed by atoms with Gasteiger partial charge in [0, 0.05) is 41.5 Å². The van der Waals surface area contributed by atoms with E-state index in [1.54, 1.807) is 45.0 Å². The van der Waals surface area contributed by atoms with Crippen LogP contribution in [0.25, 0.3) is 22.2 Å². The number of aromatic nitrogens is 1. The molecule has 3 fully saturated rings. The van der Waals surface area contributed by atoms with Crippen molar-refractivity contribution >= 4 is 50.7 Å². The summed E-state index contributed by atoms with van der Waals surface area (Å²) in [6.45, 7) is 14.7. The normalized spacial score (nSPS) is 21.8. The smallest absolute Gasteiger partial charge is 0.408 e. The van der Waals surface area contributed by atoms with E-state index in [4.69, 9.17) is 23.9 Å². The summed E-state index contributed by atoms with van der Waals surface area (Å²) in [7, 11) is -2.44. The van der Waals surface area contributed by atoms with Crippen LogP contribution in [-0.4, -0.2) is 102 Å². The van der Waals surface area contributed by atoms with E-state index in [2.05, 4.69) is 28.5 Å². The number of carbonyl (C=O) groups excluding carboxylic acids is 5. The molecule has 2 aliphatic carbocycles. The lowest BCUT2D eigenvalue weighted by Crippen LogP contribution is -2.63. The first-order valence-corrected chi connectivity index (χ1v) is 21.1. The van der Waals surface area contributed by atoms with Crippen molar-refractivity contribution in [1.29, 1.82) is 0 Å². The molecule has 16 nitrogen and oxygen atoms in total. The van der Waals surface area contributed by atoms with Crippen molar-refractivity contribution in [2.75, 3.05) is 13.7 Å². The van der Waals surface area contributed by atoms with Crippen LogP contribution in [0.5, 0.6) is 11.5 Å². The molecular weight excluding hydrogens is 795 g/mol. The summed E-state index contributed by atoms with van der Waals surface area (Å²) in [6, 6.07) is 13.5. The van der Waals surface area contributed by atoms with Crippen LogP contribution in [0.15, 0.2) is 79.9 Å². The lowest BCUT2D eigenvalue weighted by atomic mass is 9.96. The largest absolute Gasteiger partial charge is 0.497 e. The molecule has 2 heterocycles. The molecule has 2 saturated carbocycles. The first-order chi connectivity index (χ1) is 28.2. The van der Waals surface area contributed by atoms with E-state index in [0.717, 1.165) is 11.6 Å². The molecule has 0 bridgehead atoms. The standard InChI is InChI=1S/C43H51N5O11S/c1-9-26-23-43(26,39(52)47-60(54,55)29-17-18-29)46-37(50)33-21-28(24-48(33)38(51)36(42(6,7)58-35(49)10-2)45-40(53)59-41(3,4)5)57-34-22-31(25-14-12-11-13-15-25)44-32-20-27(56-8)16-19-30(32)34/h9-16,19-20,22,26,28-29,33,36H,1-2,17-18,21,23-24H2,3-8H3,(H,45,53)(H,46,50)(H,47,52)/t26?,28-,33?,36?,43-/m1/s1. The first kappa shape index (κ1) is 43.6. The van der Waals surface area contributed by atoms with E-state index in [1.807, 2.05) is 30.3 Å². The topological polar surface area (TPSA) is 209 Å². The van der Waals surface area contributed by atoms with Gasteiger partial charge in [0.2, 0.25) is 21.8 Å². The van der Waals surface area contributed by atoms with Crippen molar-refractivity contribution in [1.82, 2.24) is 25.2 Å². The minimum atomic E-state index is -3.98. The van der Waals surface area contributed by atoms with Gasteiger partial charge < -0.3 is 34.5 Å². The number of esters is 1. The fourth-order valence-corrected chi connectivity index (χ4v) is 8.58. The summed E-state index contributed by atoms with van der Waals surface area (Å²) in [5.41, 5.74) is -2.43. The zero-order chi connectivity index (χ0) is 43.8. The number of nitrogens with one attached hydrogen (secondary N) is 3. The van der Waals surface area contributed by atoms with E-state index < -0.39 is 85.9 Å². The number of likely N-dealkylation sites (tertiary alicyclic amines) is 1. The monoisotopic (exact) mass is 845 g/mol. The quantitative estimate of drug-likeness (QED) is 0.111. The van der Waals surface area contributed by atoms with E-state index >= 15 is 0 Å². The van der Waals surface area contributed by atoms with Gasteiger partial charge >= 0.3 is 12.1 Å². The Balaban J connectivity index is 1.38. The molecule has 3 aliphatic rings. The Bertz CT molecular complexity index is 2320. The Morgan fingerprint density at radius 3 is 2.28 bits per heavy atom. The number of carbonyl (C=O) groups is 5. The summed E-state index contributed by atoms with van der Waals surface area (Å²) in [6.07, 6.45) is 1.29. The van der Waals surface area contributed by atoms with Crippen LogP contribution in [0.3, 0.4) is 0 Å². The SMILES string of the molecule is C=CC(=O)OC(C)(C)C(NC(=O)OC(C)(C)C)C(=O)N1C[C@H](Oc2cc(-c3ccccc3)nc3cc(OC)ccc23)CC1C(=O)N[C@]1(C(=O)NS(=O)(=O)C2CC2)CC1C=C. The lowest BCUT2D eigenvalue weighted by Gasteiger charge is -2.37. The molecule has 320 valence electrons. The Kier molecular flexibility index (Phi) is 12.1. The predicted octanol–water partition coefficient (Wildman–Crippen LogP) is 4.33. The average molecular weight is 846 g/mol. The van der Waals surface area contributed by atoms with Crippen molar-refractivity contribution < 1.29 is 51.3 Å². The lowest BCUT2D eigenvalue weighted by molar-refractivity contribution is -0.159. The van der Waals surface area contributed by atoms with Gasteiger partial charge in [0.05, 0.1) is 30.1 Å². The van der Waals surface area contributed by atoms with Gasteiger partial charge in [0.1, 0.15) is 40.4 Å². The number of benzene rings is 2. The second kappa shape index (κ2) is 16.6. The molecule has 4 amide bonds. The van der Waals surface area contributed by atoms with Crippen molar-refractivity contribution in [3.8, 4) is 22.8 Å². The highest BCUT2D eigenvalue weighted by atomic mass is 32.2. The van der Waals surface area contributed by atoms with E-state index in [1.165, 1.54) is 31.9 Å². The predicted molar refractivity (Wildman–Crippen MR) is 221 cm³/mol. The molecule has 1 saturated heterocycles. The maximum atomic E-state index is 14.9. The maximum absolute atomic E-state index is 14.9. The molecule has 1 aliphatic heterocycles.